The zero-order valence-electron chi connectivity index (χ0n) is 16.7. The van der Waals surface area contributed by atoms with Crippen molar-refractivity contribution >= 4 is 22.8 Å². The summed E-state index contributed by atoms with van der Waals surface area (Å²) >= 11 is 0. The number of benzene rings is 4. The summed E-state index contributed by atoms with van der Waals surface area (Å²) in [6.45, 7) is 0. The van der Waals surface area contributed by atoms with E-state index in [0.717, 1.165) is 33.2 Å². The van der Waals surface area contributed by atoms with Gasteiger partial charge in [0, 0.05) is 6.08 Å². The fourth-order valence-electron chi connectivity index (χ4n) is 3.38. The molecule has 0 aliphatic heterocycles. The Bertz CT molecular complexity index is 1130. The smallest absolute Gasteiger partial charge is 0.331 e. The van der Waals surface area contributed by atoms with Gasteiger partial charge in [0.05, 0.1) is 7.11 Å². The van der Waals surface area contributed by atoms with Gasteiger partial charge < -0.3 is 9.47 Å². The number of hydrogen-bond acceptors (Lipinski definition) is 3. The van der Waals surface area contributed by atoms with Crippen LogP contribution < -0.4 is 4.74 Å². The number of methoxy groups -OCH3 is 1. The van der Waals surface area contributed by atoms with Crippen LogP contribution in [0.25, 0.3) is 16.8 Å². The average molecular weight is 394 g/mol. The molecule has 4 aromatic rings. The summed E-state index contributed by atoms with van der Waals surface area (Å²) in [6, 6.07) is 31.5. The molecule has 0 aromatic heterocycles. The Balaban J connectivity index is 1.53. The largest absolute Gasteiger partial charge is 0.497 e. The van der Waals surface area contributed by atoms with Gasteiger partial charge in [-0.1, -0.05) is 78.9 Å². The highest BCUT2D eigenvalue weighted by Crippen LogP contribution is 2.26. The third kappa shape index (κ3) is 4.58. The van der Waals surface area contributed by atoms with Gasteiger partial charge in [-0.2, -0.15) is 0 Å². The predicted molar refractivity (Wildman–Crippen MR) is 120 cm³/mol. The van der Waals surface area contributed by atoms with Crippen LogP contribution in [-0.4, -0.2) is 13.1 Å². The van der Waals surface area contributed by atoms with Crippen LogP contribution in [0.15, 0.2) is 103 Å². The third-order valence-corrected chi connectivity index (χ3v) is 4.92. The summed E-state index contributed by atoms with van der Waals surface area (Å²) in [5.41, 5.74) is 2.80. The Morgan fingerprint density at radius 1 is 0.767 bits per heavy atom. The minimum Gasteiger partial charge on any atom is -0.497 e. The van der Waals surface area contributed by atoms with Crippen LogP contribution in [0.3, 0.4) is 0 Å². The van der Waals surface area contributed by atoms with Crippen LogP contribution in [-0.2, 0) is 9.53 Å². The highest BCUT2D eigenvalue weighted by atomic mass is 16.5. The summed E-state index contributed by atoms with van der Waals surface area (Å²) in [6.07, 6.45) is 2.80. The molecule has 0 saturated carbocycles. The topological polar surface area (TPSA) is 35.5 Å². The predicted octanol–water partition coefficient (Wildman–Crippen LogP) is 6.19. The highest BCUT2D eigenvalue weighted by molar-refractivity contribution is 5.90. The van der Waals surface area contributed by atoms with E-state index in [0.29, 0.717) is 0 Å². The quantitative estimate of drug-likeness (QED) is 0.289. The van der Waals surface area contributed by atoms with Crippen LogP contribution in [0, 0.1) is 0 Å². The van der Waals surface area contributed by atoms with E-state index in [-0.39, 0.29) is 5.97 Å². The fourth-order valence-corrected chi connectivity index (χ4v) is 3.38. The van der Waals surface area contributed by atoms with Crippen molar-refractivity contribution in [2.24, 2.45) is 0 Å². The Labute approximate surface area is 176 Å². The van der Waals surface area contributed by atoms with Crippen LogP contribution in [0.4, 0.5) is 0 Å². The highest BCUT2D eigenvalue weighted by Gasteiger charge is 2.17. The van der Waals surface area contributed by atoms with Gasteiger partial charge in [-0.3, -0.25) is 0 Å². The van der Waals surface area contributed by atoms with Crippen LogP contribution in [0.1, 0.15) is 22.8 Å². The van der Waals surface area contributed by atoms with E-state index >= 15 is 0 Å². The Hall–Kier alpha value is -3.85. The monoisotopic (exact) mass is 394 g/mol. The number of carbonyl (C=O) groups excluding carboxylic acids is 1. The van der Waals surface area contributed by atoms with Crippen molar-refractivity contribution in [3.05, 3.63) is 120 Å². The van der Waals surface area contributed by atoms with E-state index in [1.807, 2.05) is 97.1 Å². The molecule has 4 rings (SSSR count). The number of rotatable bonds is 6. The van der Waals surface area contributed by atoms with Crippen molar-refractivity contribution in [3.8, 4) is 5.75 Å². The van der Waals surface area contributed by atoms with E-state index < -0.39 is 6.10 Å². The molecular formula is C27H22O3. The molecule has 148 valence electrons. The minimum atomic E-state index is -0.450. The molecular weight excluding hydrogens is 372 g/mol. The molecule has 0 N–H and O–H groups in total. The molecule has 0 amide bonds. The second kappa shape index (κ2) is 9.10. The minimum absolute atomic E-state index is 0.387. The van der Waals surface area contributed by atoms with Gasteiger partial charge >= 0.3 is 5.97 Å². The molecule has 0 unspecified atom stereocenters. The van der Waals surface area contributed by atoms with E-state index in [2.05, 4.69) is 0 Å². The number of carbonyl (C=O) groups is 1. The molecule has 4 aromatic carbocycles. The molecule has 0 spiro atoms. The SMILES string of the molecule is COc1ccc2cc(/C=C/C(=O)OC(c3ccccc3)c3ccccc3)ccc2c1. The molecule has 0 radical (unpaired) electrons. The third-order valence-electron chi connectivity index (χ3n) is 4.92. The molecule has 0 heterocycles. The van der Waals surface area contributed by atoms with E-state index in [4.69, 9.17) is 9.47 Å². The molecule has 0 atom stereocenters. The summed E-state index contributed by atoms with van der Waals surface area (Å²) in [7, 11) is 1.65. The standard InChI is InChI=1S/C27H22O3/c1-29-25-16-15-23-18-20(12-14-24(23)19-25)13-17-26(28)30-27(21-8-4-2-5-9-21)22-10-6-3-7-11-22/h2-19,27H,1H3/b17-13+. The lowest BCUT2D eigenvalue weighted by molar-refractivity contribution is -0.141. The molecule has 0 saturated heterocycles. The first-order valence-corrected chi connectivity index (χ1v) is 9.79. The van der Waals surface area contributed by atoms with Gasteiger partial charge in [0.1, 0.15) is 5.75 Å². The van der Waals surface area contributed by atoms with Gasteiger partial charge in [0.25, 0.3) is 0 Å². The van der Waals surface area contributed by atoms with Crippen molar-refractivity contribution in [1.82, 2.24) is 0 Å². The maximum Gasteiger partial charge on any atom is 0.331 e. The first kappa shape index (κ1) is 19.5. The number of ether oxygens (including phenoxy) is 2. The van der Waals surface area contributed by atoms with Crippen molar-refractivity contribution in [2.45, 2.75) is 6.10 Å². The van der Waals surface area contributed by atoms with Gasteiger partial charge in [0.15, 0.2) is 6.10 Å². The summed E-state index contributed by atoms with van der Waals surface area (Å²) in [5.74, 6) is 0.435. The Morgan fingerprint density at radius 3 is 2.00 bits per heavy atom. The second-order valence-corrected chi connectivity index (χ2v) is 6.94. The fraction of sp³-hybridized carbons (Fsp3) is 0.0741. The van der Waals surface area contributed by atoms with Gasteiger partial charge in [0.2, 0.25) is 0 Å². The normalized spacial score (nSPS) is 11.1. The van der Waals surface area contributed by atoms with E-state index in [1.165, 1.54) is 6.08 Å². The van der Waals surface area contributed by atoms with E-state index in [9.17, 15) is 4.79 Å². The van der Waals surface area contributed by atoms with Crippen LogP contribution in [0.5, 0.6) is 5.75 Å². The summed E-state index contributed by atoms with van der Waals surface area (Å²) < 4.78 is 11.1. The van der Waals surface area contributed by atoms with Gasteiger partial charge in [-0.25, -0.2) is 4.79 Å². The zero-order chi connectivity index (χ0) is 20.8. The van der Waals surface area contributed by atoms with Crippen molar-refractivity contribution < 1.29 is 14.3 Å². The number of hydrogen-bond donors (Lipinski definition) is 0. The maximum atomic E-state index is 12.6. The second-order valence-electron chi connectivity index (χ2n) is 6.94. The molecule has 0 fully saturated rings. The lowest BCUT2D eigenvalue weighted by Gasteiger charge is -2.18. The zero-order valence-corrected chi connectivity index (χ0v) is 16.7. The molecule has 0 bridgehead atoms. The number of esters is 1. The molecule has 0 aliphatic carbocycles. The molecule has 30 heavy (non-hydrogen) atoms. The average Bonchev–Trinajstić information content (AvgIpc) is 2.82. The van der Waals surface area contributed by atoms with Crippen LogP contribution >= 0.6 is 0 Å². The lowest BCUT2D eigenvalue weighted by atomic mass is 10.0. The lowest BCUT2D eigenvalue weighted by Crippen LogP contribution is -2.10. The van der Waals surface area contributed by atoms with Gasteiger partial charge in [-0.15, -0.1) is 0 Å². The first-order valence-electron chi connectivity index (χ1n) is 9.79. The molecule has 3 heteroatoms. The van der Waals surface area contributed by atoms with E-state index in [1.54, 1.807) is 13.2 Å². The van der Waals surface area contributed by atoms with Crippen molar-refractivity contribution in [2.75, 3.05) is 7.11 Å². The van der Waals surface area contributed by atoms with Gasteiger partial charge in [-0.05, 0) is 51.7 Å². The maximum absolute atomic E-state index is 12.6. The Morgan fingerprint density at radius 2 is 1.37 bits per heavy atom. The van der Waals surface area contributed by atoms with Crippen LogP contribution in [0.2, 0.25) is 0 Å². The Kier molecular flexibility index (Phi) is 5.90. The molecule has 0 aliphatic rings. The summed E-state index contributed by atoms with van der Waals surface area (Å²) in [4.78, 5) is 12.6. The first-order chi connectivity index (χ1) is 14.7. The molecule has 3 nitrogen and oxygen atoms in total. The number of fused-ring (bicyclic) bond motifs is 1. The van der Waals surface area contributed by atoms with Crippen molar-refractivity contribution in [3.63, 3.8) is 0 Å². The summed E-state index contributed by atoms with van der Waals surface area (Å²) in [5, 5.41) is 2.17. The van der Waals surface area contributed by atoms with Crippen molar-refractivity contribution in [1.29, 1.82) is 0 Å².